The summed E-state index contributed by atoms with van der Waals surface area (Å²) in [4.78, 5) is 2.21. The standard InChI is InChI=1S/C10H21N3O2/c1-8(10(11)12-15)13-5-2-3-9(7-13)4-6-14/h8-9,14-15H,2-7H2,1H3,(H2,11,12). The quantitative estimate of drug-likeness (QED) is 0.271. The molecule has 88 valence electrons. The Balaban J connectivity index is 2.48. The van der Waals surface area contributed by atoms with Gasteiger partial charge in [-0.3, -0.25) is 4.90 Å². The fourth-order valence-corrected chi connectivity index (χ4v) is 2.14. The Hall–Kier alpha value is -0.810. The molecule has 0 amide bonds. The zero-order valence-electron chi connectivity index (χ0n) is 9.26. The molecule has 2 atom stereocenters. The van der Waals surface area contributed by atoms with Crippen LogP contribution in [0.1, 0.15) is 26.2 Å². The molecular formula is C10H21N3O2. The van der Waals surface area contributed by atoms with E-state index >= 15 is 0 Å². The minimum Gasteiger partial charge on any atom is -0.409 e. The molecule has 5 heteroatoms. The Morgan fingerprint density at radius 2 is 2.40 bits per heavy atom. The number of hydrogen-bond donors (Lipinski definition) is 3. The molecule has 1 heterocycles. The lowest BCUT2D eigenvalue weighted by Crippen LogP contribution is -2.47. The largest absolute Gasteiger partial charge is 0.409 e. The number of likely N-dealkylation sites (tertiary alicyclic amines) is 1. The van der Waals surface area contributed by atoms with Gasteiger partial charge >= 0.3 is 0 Å². The van der Waals surface area contributed by atoms with E-state index in [9.17, 15) is 0 Å². The van der Waals surface area contributed by atoms with Crippen molar-refractivity contribution in [3.8, 4) is 0 Å². The maximum atomic E-state index is 8.89. The van der Waals surface area contributed by atoms with Gasteiger partial charge in [-0.2, -0.15) is 0 Å². The molecule has 5 nitrogen and oxygen atoms in total. The summed E-state index contributed by atoms with van der Waals surface area (Å²) >= 11 is 0. The van der Waals surface area contributed by atoms with Crippen molar-refractivity contribution in [2.45, 2.75) is 32.2 Å². The highest BCUT2D eigenvalue weighted by Crippen LogP contribution is 2.20. The third-order valence-electron chi connectivity index (χ3n) is 3.18. The normalized spacial score (nSPS) is 26.5. The van der Waals surface area contributed by atoms with Gasteiger partial charge in [0.15, 0.2) is 5.84 Å². The lowest BCUT2D eigenvalue weighted by molar-refractivity contribution is 0.135. The molecule has 0 aromatic carbocycles. The van der Waals surface area contributed by atoms with E-state index in [0.29, 0.717) is 5.92 Å². The Morgan fingerprint density at radius 1 is 1.67 bits per heavy atom. The van der Waals surface area contributed by atoms with Gasteiger partial charge in [0.25, 0.3) is 0 Å². The maximum Gasteiger partial charge on any atom is 0.156 e. The number of aliphatic hydroxyl groups is 1. The zero-order valence-corrected chi connectivity index (χ0v) is 9.26. The molecule has 0 aromatic rings. The Kier molecular flexibility index (Phi) is 4.84. The van der Waals surface area contributed by atoms with Gasteiger partial charge in [-0.25, -0.2) is 0 Å². The molecule has 0 bridgehead atoms. The van der Waals surface area contributed by atoms with Crippen LogP contribution in [0.15, 0.2) is 5.16 Å². The molecule has 4 N–H and O–H groups in total. The first-order valence-corrected chi connectivity index (χ1v) is 5.51. The van der Waals surface area contributed by atoms with Crippen LogP contribution in [0.4, 0.5) is 0 Å². The van der Waals surface area contributed by atoms with Gasteiger partial charge in [0, 0.05) is 13.2 Å². The lowest BCUT2D eigenvalue weighted by Gasteiger charge is -2.36. The van der Waals surface area contributed by atoms with Crippen LogP contribution < -0.4 is 5.73 Å². The van der Waals surface area contributed by atoms with Crippen molar-refractivity contribution in [3.05, 3.63) is 0 Å². The SMILES string of the molecule is CC(C(N)=NO)N1CCCC(CCO)C1. The summed E-state index contributed by atoms with van der Waals surface area (Å²) in [5.41, 5.74) is 5.58. The van der Waals surface area contributed by atoms with Crippen molar-refractivity contribution in [2.24, 2.45) is 16.8 Å². The number of nitrogens with zero attached hydrogens (tertiary/aromatic N) is 2. The summed E-state index contributed by atoms with van der Waals surface area (Å²) in [5, 5.41) is 20.5. The van der Waals surface area contributed by atoms with Crippen molar-refractivity contribution in [1.82, 2.24) is 4.90 Å². The van der Waals surface area contributed by atoms with Crippen LogP contribution in [0.2, 0.25) is 0 Å². The first-order chi connectivity index (χ1) is 7.19. The second-order valence-corrected chi connectivity index (χ2v) is 4.22. The van der Waals surface area contributed by atoms with Crippen LogP contribution in [-0.4, -0.2) is 46.8 Å². The average molecular weight is 215 g/mol. The first kappa shape index (κ1) is 12.3. The monoisotopic (exact) mass is 215 g/mol. The third kappa shape index (κ3) is 3.35. The Bertz CT molecular complexity index is 219. The summed E-state index contributed by atoms with van der Waals surface area (Å²) in [6.07, 6.45) is 3.13. The fraction of sp³-hybridized carbons (Fsp3) is 0.900. The Labute approximate surface area is 90.6 Å². The molecule has 0 aliphatic carbocycles. The lowest BCUT2D eigenvalue weighted by atomic mass is 9.94. The summed E-state index contributed by atoms with van der Waals surface area (Å²) in [7, 11) is 0. The summed E-state index contributed by atoms with van der Waals surface area (Å²) in [5.74, 6) is 0.803. The molecule has 1 saturated heterocycles. The minimum absolute atomic E-state index is 0.0171. The number of nitrogens with two attached hydrogens (primary N) is 1. The molecule has 15 heavy (non-hydrogen) atoms. The number of piperidine rings is 1. The second kappa shape index (κ2) is 5.92. The first-order valence-electron chi connectivity index (χ1n) is 5.51. The fourth-order valence-electron chi connectivity index (χ4n) is 2.14. The van der Waals surface area contributed by atoms with E-state index in [4.69, 9.17) is 16.0 Å². The van der Waals surface area contributed by atoms with Crippen molar-refractivity contribution >= 4 is 5.84 Å². The predicted molar refractivity (Wildman–Crippen MR) is 58.9 cm³/mol. The van der Waals surface area contributed by atoms with Crippen molar-refractivity contribution in [1.29, 1.82) is 0 Å². The molecule has 1 rings (SSSR count). The number of aliphatic hydroxyl groups excluding tert-OH is 1. The van der Waals surface area contributed by atoms with Crippen molar-refractivity contribution in [3.63, 3.8) is 0 Å². The van der Waals surface area contributed by atoms with Crippen LogP contribution in [0, 0.1) is 5.92 Å². The minimum atomic E-state index is -0.0171. The summed E-state index contributed by atoms with van der Waals surface area (Å²) in [6, 6.07) is -0.0171. The predicted octanol–water partition coefficient (Wildman–Crippen LogP) is 0.216. The molecule has 0 saturated carbocycles. The van der Waals surface area contributed by atoms with E-state index in [1.165, 1.54) is 6.42 Å². The Morgan fingerprint density at radius 3 is 3.00 bits per heavy atom. The van der Waals surface area contributed by atoms with E-state index in [1.54, 1.807) is 0 Å². The second-order valence-electron chi connectivity index (χ2n) is 4.22. The molecule has 1 fully saturated rings. The molecule has 1 aliphatic rings. The summed E-state index contributed by atoms with van der Waals surface area (Å²) in [6.45, 7) is 4.10. The maximum absolute atomic E-state index is 8.89. The van der Waals surface area contributed by atoms with E-state index in [1.807, 2.05) is 6.92 Å². The molecule has 0 radical (unpaired) electrons. The average Bonchev–Trinajstić information content (AvgIpc) is 2.28. The van der Waals surface area contributed by atoms with Gasteiger partial charge in [0.1, 0.15) is 0 Å². The highest BCUT2D eigenvalue weighted by atomic mass is 16.4. The highest BCUT2D eigenvalue weighted by Gasteiger charge is 2.25. The van der Waals surface area contributed by atoms with E-state index in [0.717, 1.165) is 25.9 Å². The molecule has 0 aromatic heterocycles. The van der Waals surface area contributed by atoms with Crippen LogP contribution in [-0.2, 0) is 0 Å². The van der Waals surface area contributed by atoms with Crippen molar-refractivity contribution < 1.29 is 10.3 Å². The van der Waals surface area contributed by atoms with Crippen LogP contribution in [0.5, 0.6) is 0 Å². The van der Waals surface area contributed by atoms with E-state index < -0.39 is 0 Å². The molecule has 0 spiro atoms. The number of rotatable bonds is 4. The van der Waals surface area contributed by atoms with Crippen LogP contribution in [0.25, 0.3) is 0 Å². The van der Waals surface area contributed by atoms with E-state index in [-0.39, 0.29) is 18.5 Å². The van der Waals surface area contributed by atoms with Gasteiger partial charge in [0.2, 0.25) is 0 Å². The van der Waals surface area contributed by atoms with Crippen LogP contribution in [0.3, 0.4) is 0 Å². The third-order valence-corrected chi connectivity index (χ3v) is 3.18. The highest BCUT2D eigenvalue weighted by molar-refractivity contribution is 5.84. The number of hydrogen-bond acceptors (Lipinski definition) is 4. The molecule has 2 unspecified atom stereocenters. The van der Waals surface area contributed by atoms with Gasteiger partial charge in [-0.15, -0.1) is 0 Å². The van der Waals surface area contributed by atoms with Gasteiger partial charge in [0.05, 0.1) is 6.04 Å². The smallest absolute Gasteiger partial charge is 0.156 e. The van der Waals surface area contributed by atoms with Gasteiger partial charge in [-0.1, -0.05) is 5.16 Å². The zero-order chi connectivity index (χ0) is 11.3. The topological polar surface area (TPSA) is 82.1 Å². The molecular weight excluding hydrogens is 194 g/mol. The van der Waals surface area contributed by atoms with Gasteiger partial charge < -0.3 is 16.0 Å². The molecule has 1 aliphatic heterocycles. The van der Waals surface area contributed by atoms with Gasteiger partial charge in [-0.05, 0) is 38.6 Å². The number of amidine groups is 1. The summed E-state index contributed by atoms with van der Waals surface area (Å²) < 4.78 is 0. The van der Waals surface area contributed by atoms with Crippen LogP contribution >= 0.6 is 0 Å². The van der Waals surface area contributed by atoms with E-state index in [2.05, 4.69) is 10.1 Å². The number of oxime groups is 1. The van der Waals surface area contributed by atoms with Crippen molar-refractivity contribution in [2.75, 3.05) is 19.7 Å².